The molecule has 19 heavy (non-hydrogen) atoms. The molecule has 0 atom stereocenters. The van der Waals surface area contributed by atoms with Gasteiger partial charge in [0.1, 0.15) is 0 Å². The average Bonchev–Trinajstić information content (AvgIpc) is 2.45. The fraction of sp³-hybridized carbons (Fsp3) is 0.286. The molecular weight excluding hydrogens is 238 g/mol. The molecule has 1 aromatic heterocycles. The van der Waals surface area contributed by atoms with Crippen molar-refractivity contribution in [2.24, 2.45) is 5.73 Å². The van der Waals surface area contributed by atoms with Crippen LogP contribution in [-0.4, -0.2) is 37.2 Å². The zero-order valence-corrected chi connectivity index (χ0v) is 11.3. The predicted octanol–water partition coefficient (Wildman–Crippen LogP) is 1.58. The summed E-state index contributed by atoms with van der Waals surface area (Å²) in [6, 6.07) is 10.2. The number of hydrogen-bond acceptors (Lipinski definition) is 5. The van der Waals surface area contributed by atoms with Gasteiger partial charge in [-0.15, -0.1) is 0 Å². The van der Waals surface area contributed by atoms with E-state index in [1.165, 1.54) is 5.69 Å². The van der Waals surface area contributed by atoms with Crippen molar-refractivity contribution in [3.63, 3.8) is 0 Å². The molecule has 3 N–H and O–H groups in total. The van der Waals surface area contributed by atoms with E-state index in [0.29, 0.717) is 19.0 Å². The number of nitrogens with zero attached hydrogens (tertiary/aromatic N) is 3. The van der Waals surface area contributed by atoms with Gasteiger partial charge in [-0.3, -0.25) is 0 Å². The first-order valence-electron chi connectivity index (χ1n) is 6.25. The molecule has 0 unspecified atom stereocenters. The Hall–Kier alpha value is -2.14. The largest absolute Gasteiger partial charge is 0.378 e. The van der Waals surface area contributed by atoms with Crippen molar-refractivity contribution in [2.45, 2.75) is 0 Å². The number of anilines is 2. The molecule has 100 valence electrons. The zero-order chi connectivity index (χ0) is 13.7. The third-order valence-corrected chi connectivity index (χ3v) is 2.76. The molecule has 2 rings (SSSR count). The van der Waals surface area contributed by atoms with Gasteiger partial charge in [0.05, 0.1) is 5.69 Å². The Kier molecular flexibility index (Phi) is 4.30. The van der Waals surface area contributed by atoms with Crippen LogP contribution in [0.25, 0.3) is 11.3 Å². The maximum atomic E-state index is 5.45. The van der Waals surface area contributed by atoms with Crippen molar-refractivity contribution in [3.8, 4) is 11.3 Å². The van der Waals surface area contributed by atoms with Crippen LogP contribution in [0.2, 0.25) is 0 Å². The van der Waals surface area contributed by atoms with Crippen molar-refractivity contribution in [3.05, 3.63) is 36.5 Å². The summed E-state index contributed by atoms with van der Waals surface area (Å²) in [7, 11) is 4.04. The molecule has 2 aromatic rings. The molecule has 0 aliphatic heterocycles. The summed E-state index contributed by atoms with van der Waals surface area (Å²) in [5.41, 5.74) is 8.59. The van der Waals surface area contributed by atoms with Crippen molar-refractivity contribution in [1.82, 2.24) is 9.97 Å². The minimum atomic E-state index is 0.561. The topological polar surface area (TPSA) is 67.1 Å². The summed E-state index contributed by atoms with van der Waals surface area (Å²) >= 11 is 0. The monoisotopic (exact) mass is 257 g/mol. The molecule has 0 saturated heterocycles. The SMILES string of the molecule is CN(C)c1ccc(-c2ccnc(NCCN)n2)cc1. The predicted molar refractivity (Wildman–Crippen MR) is 79.3 cm³/mol. The van der Waals surface area contributed by atoms with E-state index in [9.17, 15) is 0 Å². The summed E-state index contributed by atoms with van der Waals surface area (Å²) < 4.78 is 0. The highest BCUT2D eigenvalue weighted by molar-refractivity contribution is 5.63. The van der Waals surface area contributed by atoms with Crippen LogP contribution in [0.5, 0.6) is 0 Å². The van der Waals surface area contributed by atoms with Crippen molar-refractivity contribution < 1.29 is 0 Å². The van der Waals surface area contributed by atoms with Gasteiger partial charge in [0.2, 0.25) is 5.95 Å². The zero-order valence-electron chi connectivity index (χ0n) is 11.3. The quantitative estimate of drug-likeness (QED) is 0.851. The normalized spacial score (nSPS) is 10.3. The number of hydrogen-bond donors (Lipinski definition) is 2. The van der Waals surface area contributed by atoms with Crippen LogP contribution >= 0.6 is 0 Å². The van der Waals surface area contributed by atoms with Crippen LogP contribution in [0.3, 0.4) is 0 Å². The Bertz CT molecular complexity index is 522. The number of benzene rings is 1. The Morgan fingerprint density at radius 2 is 1.89 bits per heavy atom. The molecule has 5 heteroatoms. The number of nitrogens with one attached hydrogen (secondary N) is 1. The van der Waals surface area contributed by atoms with E-state index in [0.717, 1.165) is 11.3 Å². The van der Waals surface area contributed by atoms with Crippen LogP contribution < -0.4 is 16.0 Å². The van der Waals surface area contributed by atoms with Gasteiger partial charge in [-0.05, 0) is 18.2 Å². The van der Waals surface area contributed by atoms with E-state index in [-0.39, 0.29) is 0 Å². The van der Waals surface area contributed by atoms with E-state index >= 15 is 0 Å². The van der Waals surface area contributed by atoms with E-state index in [2.05, 4.69) is 44.5 Å². The summed E-state index contributed by atoms with van der Waals surface area (Å²) in [6.07, 6.45) is 1.75. The lowest BCUT2D eigenvalue weighted by atomic mass is 10.1. The molecule has 0 fully saturated rings. The smallest absolute Gasteiger partial charge is 0.223 e. The van der Waals surface area contributed by atoms with Gasteiger partial charge in [0.15, 0.2) is 0 Å². The number of aromatic nitrogens is 2. The molecule has 0 aliphatic rings. The number of rotatable bonds is 5. The summed E-state index contributed by atoms with van der Waals surface area (Å²) in [5.74, 6) is 0.611. The van der Waals surface area contributed by atoms with Gasteiger partial charge in [0, 0.05) is 44.6 Å². The second-order valence-electron chi connectivity index (χ2n) is 4.42. The molecule has 0 bridgehead atoms. The van der Waals surface area contributed by atoms with E-state index in [1.807, 2.05) is 20.2 Å². The number of nitrogens with two attached hydrogens (primary N) is 1. The van der Waals surface area contributed by atoms with Gasteiger partial charge in [-0.25, -0.2) is 9.97 Å². The molecule has 0 saturated carbocycles. The molecule has 5 nitrogen and oxygen atoms in total. The Labute approximate surface area is 113 Å². The minimum absolute atomic E-state index is 0.561. The maximum absolute atomic E-state index is 5.45. The van der Waals surface area contributed by atoms with Crippen LogP contribution in [-0.2, 0) is 0 Å². The molecule has 1 heterocycles. The molecule has 0 aliphatic carbocycles. The van der Waals surface area contributed by atoms with Crippen LogP contribution in [0.15, 0.2) is 36.5 Å². The fourth-order valence-electron chi connectivity index (χ4n) is 1.72. The van der Waals surface area contributed by atoms with Gasteiger partial charge in [0.25, 0.3) is 0 Å². The maximum Gasteiger partial charge on any atom is 0.223 e. The first-order valence-corrected chi connectivity index (χ1v) is 6.25. The third kappa shape index (κ3) is 3.42. The van der Waals surface area contributed by atoms with Crippen LogP contribution in [0.1, 0.15) is 0 Å². The van der Waals surface area contributed by atoms with Crippen molar-refractivity contribution in [1.29, 1.82) is 0 Å². The highest BCUT2D eigenvalue weighted by atomic mass is 15.1. The summed E-state index contributed by atoms with van der Waals surface area (Å²) in [4.78, 5) is 10.7. The van der Waals surface area contributed by atoms with Gasteiger partial charge in [-0.2, -0.15) is 0 Å². The lowest BCUT2D eigenvalue weighted by Crippen LogP contribution is -2.14. The van der Waals surface area contributed by atoms with Crippen LogP contribution in [0.4, 0.5) is 11.6 Å². The van der Waals surface area contributed by atoms with Crippen LogP contribution in [0, 0.1) is 0 Å². The Morgan fingerprint density at radius 1 is 1.16 bits per heavy atom. The summed E-state index contributed by atoms with van der Waals surface area (Å²) in [6.45, 7) is 1.23. The van der Waals surface area contributed by atoms with Crippen molar-refractivity contribution >= 4 is 11.6 Å². The van der Waals surface area contributed by atoms with Crippen molar-refractivity contribution in [2.75, 3.05) is 37.4 Å². The van der Waals surface area contributed by atoms with Gasteiger partial charge < -0.3 is 16.0 Å². The summed E-state index contributed by atoms with van der Waals surface area (Å²) in [5, 5.41) is 3.08. The first-order chi connectivity index (χ1) is 9.20. The second-order valence-corrected chi connectivity index (χ2v) is 4.42. The Balaban J connectivity index is 2.21. The highest BCUT2D eigenvalue weighted by Crippen LogP contribution is 2.21. The highest BCUT2D eigenvalue weighted by Gasteiger charge is 2.02. The molecule has 0 amide bonds. The van der Waals surface area contributed by atoms with E-state index < -0.39 is 0 Å². The lowest BCUT2D eigenvalue weighted by Gasteiger charge is -2.12. The van der Waals surface area contributed by atoms with E-state index in [4.69, 9.17) is 5.73 Å². The first kappa shape index (κ1) is 13.3. The molecule has 1 aromatic carbocycles. The Morgan fingerprint density at radius 3 is 2.53 bits per heavy atom. The third-order valence-electron chi connectivity index (χ3n) is 2.76. The molecule has 0 spiro atoms. The molecule has 0 radical (unpaired) electrons. The lowest BCUT2D eigenvalue weighted by molar-refractivity contribution is 0.990. The second kappa shape index (κ2) is 6.15. The standard InChI is InChI=1S/C14H19N5/c1-19(2)12-5-3-11(4-6-12)13-7-9-16-14(18-13)17-10-8-15/h3-7,9H,8,10,15H2,1-2H3,(H,16,17,18). The van der Waals surface area contributed by atoms with E-state index in [1.54, 1.807) is 6.20 Å². The van der Waals surface area contributed by atoms with Gasteiger partial charge >= 0.3 is 0 Å². The van der Waals surface area contributed by atoms with Gasteiger partial charge in [-0.1, -0.05) is 12.1 Å². The minimum Gasteiger partial charge on any atom is -0.378 e. The average molecular weight is 257 g/mol. The molecular formula is C14H19N5. The fourth-order valence-corrected chi connectivity index (χ4v) is 1.72.